The largest absolute Gasteiger partial charge is 0.384 e. The van der Waals surface area contributed by atoms with Gasteiger partial charge in [0.15, 0.2) is 0 Å². The van der Waals surface area contributed by atoms with Gasteiger partial charge in [0.1, 0.15) is 0 Å². The molecular formula is C21H36O3. The summed E-state index contributed by atoms with van der Waals surface area (Å²) in [6.07, 6.45) is 13.1. The van der Waals surface area contributed by atoms with Crippen molar-refractivity contribution in [2.75, 3.05) is 34.0 Å². The molecule has 4 bridgehead atoms. The van der Waals surface area contributed by atoms with Crippen LogP contribution in [-0.2, 0) is 14.2 Å². The molecule has 0 saturated heterocycles. The summed E-state index contributed by atoms with van der Waals surface area (Å²) < 4.78 is 18.1. The first-order valence-electron chi connectivity index (χ1n) is 10.3. The van der Waals surface area contributed by atoms with Gasteiger partial charge in [-0.1, -0.05) is 12.8 Å². The summed E-state index contributed by atoms with van der Waals surface area (Å²) in [6.45, 7) is 2.39. The summed E-state index contributed by atoms with van der Waals surface area (Å²) in [7, 11) is 3.67. The number of methoxy groups -OCH3 is 2. The van der Waals surface area contributed by atoms with Crippen LogP contribution >= 0.6 is 0 Å². The maximum absolute atomic E-state index is 6.74. The highest BCUT2D eigenvalue weighted by molar-refractivity contribution is 4.99. The highest BCUT2D eigenvalue weighted by atomic mass is 16.5. The van der Waals surface area contributed by atoms with Gasteiger partial charge in [-0.15, -0.1) is 0 Å². The van der Waals surface area contributed by atoms with E-state index in [1.165, 1.54) is 57.8 Å². The molecule has 5 rings (SSSR count). The number of hydrogen-bond donors (Lipinski definition) is 0. The Balaban J connectivity index is 1.44. The van der Waals surface area contributed by atoms with Crippen LogP contribution in [0.5, 0.6) is 0 Å². The minimum atomic E-state index is 0.0642. The van der Waals surface area contributed by atoms with Crippen molar-refractivity contribution in [3.05, 3.63) is 0 Å². The fourth-order valence-corrected chi connectivity index (χ4v) is 7.00. The second-order valence-electron chi connectivity index (χ2n) is 9.42. The molecule has 0 amide bonds. The third kappa shape index (κ3) is 3.17. The van der Waals surface area contributed by atoms with Crippen molar-refractivity contribution in [3.63, 3.8) is 0 Å². The molecule has 0 unspecified atom stereocenters. The van der Waals surface area contributed by atoms with Crippen LogP contribution in [0.25, 0.3) is 0 Å². The summed E-state index contributed by atoms with van der Waals surface area (Å²) in [5, 5.41) is 0. The van der Waals surface area contributed by atoms with Gasteiger partial charge in [0.2, 0.25) is 0 Å². The van der Waals surface area contributed by atoms with Crippen LogP contribution in [0, 0.1) is 35.0 Å². The van der Waals surface area contributed by atoms with Gasteiger partial charge in [-0.2, -0.15) is 0 Å². The second kappa shape index (κ2) is 7.25. The Morgan fingerprint density at radius 3 is 1.79 bits per heavy atom. The van der Waals surface area contributed by atoms with E-state index in [4.69, 9.17) is 14.2 Å². The first-order chi connectivity index (χ1) is 11.7. The summed E-state index contributed by atoms with van der Waals surface area (Å²) in [5.41, 5.74) is 0.0642. The molecular weight excluding hydrogens is 300 g/mol. The summed E-state index contributed by atoms with van der Waals surface area (Å²) in [4.78, 5) is 0. The van der Waals surface area contributed by atoms with Crippen LogP contribution in [-0.4, -0.2) is 40.1 Å². The molecule has 3 heteroatoms. The van der Waals surface area contributed by atoms with Gasteiger partial charge < -0.3 is 14.2 Å². The molecule has 0 spiro atoms. The normalized spacial score (nSPS) is 39.0. The van der Waals surface area contributed by atoms with E-state index in [0.29, 0.717) is 12.0 Å². The third-order valence-corrected chi connectivity index (χ3v) is 7.79. The van der Waals surface area contributed by atoms with E-state index >= 15 is 0 Å². The lowest BCUT2D eigenvalue weighted by Gasteiger charge is -2.54. The topological polar surface area (TPSA) is 27.7 Å². The van der Waals surface area contributed by atoms with Gasteiger partial charge in [0, 0.05) is 19.6 Å². The van der Waals surface area contributed by atoms with Gasteiger partial charge in [-0.3, -0.25) is 0 Å². The van der Waals surface area contributed by atoms with Gasteiger partial charge in [-0.05, 0) is 74.5 Å². The SMILES string of the molecule is COCC(COC)(COC1C2CC3CC(C2)CC1C3)C1CCCC1. The average Bonchev–Trinajstić information content (AvgIpc) is 3.09. The van der Waals surface area contributed by atoms with E-state index in [1.54, 1.807) is 0 Å². The molecule has 138 valence electrons. The summed E-state index contributed by atoms with van der Waals surface area (Å²) >= 11 is 0. The average molecular weight is 337 g/mol. The zero-order chi connectivity index (χ0) is 16.6. The summed E-state index contributed by atoms with van der Waals surface area (Å²) in [5.74, 6) is 4.42. The molecule has 0 radical (unpaired) electrons. The predicted octanol–water partition coefficient (Wildman–Crippen LogP) is 4.30. The molecule has 5 fully saturated rings. The Hall–Kier alpha value is -0.120. The fourth-order valence-electron chi connectivity index (χ4n) is 7.00. The van der Waals surface area contributed by atoms with Crippen LogP contribution in [0.15, 0.2) is 0 Å². The van der Waals surface area contributed by atoms with Crippen molar-refractivity contribution in [1.82, 2.24) is 0 Å². The first-order valence-corrected chi connectivity index (χ1v) is 10.3. The van der Waals surface area contributed by atoms with E-state index < -0.39 is 0 Å². The molecule has 24 heavy (non-hydrogen) atoms. The Bertz CT molecular complexity index is 381. The van der Waals surface area contributed by atoms with E-state index in [2.05, 4.69) is 0 Å². The Kier molecular flexibility index (Phi) is 5.22. The van der Waals surface area contributed by atoms with Gasteiger partial charge in [0.25, 0.3) is 0 Å². The smallest absolute Gasteiger partial charge is 0.0632 e. The van der Waals surface area contributed by atoms with E-state index in [-0.39, 0.29) is 5.41 Å². The van der Waals surface area contributed by atoms with Crippen molar-refractivity contribution >= 4 is 0 Å². The predicted molar refractivity (Wildman–Crippen MR) is 94.9 cm³/mol. The maximum Gasteiger partial charge on any atom is 0.0632 e. The zero-order valence-corrected chi connectivity index (χ0v) is 15.7. The van der Waals surface area contributed by atoms with Crippen molar-refractivity contribution in [3.8, 4) is 0 Å². The molecule has 0 aromatic carbocycles. The van der Waals surface area contributed by atoms with Crippen LogP contribution in [0.3, 0.4) is 0 Å². The van der Waals surface area contributed by atoms with E-state index in [1.807, 2.05) is 14.2 Å². The minimum absolute atomic E-state index is 0.0642. The number of rotatable bonds is 8. The monoisotopic (exact) mass is 336 g/mol. The maximum atomic E-state index is 6.74. The molecule has 0 aromatic heterocycles. The molecule has 0 heterocycles. The van der Waals surface area contributed by atoms with E-state index in [9.17, 15) is 0 Å². The molecule has 3 nitrogen and oxygen atoms in total. The van der Waals surface area contributed by atoms with Crippen LogP contribution in [0.1, 0.15) is 57.8 Å². The highest BCUT2D eigenvalue weighted by Gasteiger charge is 2.50. The second-order valence-corrected chi connectivity index (χ2v) is 9.42. The molecule has 5 aliphatic carbocycles. The molecule has 5 saturated carbocycles. The number of ether oxygens (including phenoxy) is 3. The molecule has 0 aliphatic heterocycles. The highest BCUT2D eigenvalue weighted by Crippen LogP contribution is 2.55. The van der Waals surface area contributed by atoms with Crippen molar-refractivity contribution in [2.24, 2.45) is 35.0 Å². The lowest BCUT2D eigenvalue weighted by Crippen LogP contribution is -2.51. The van der Waals surface area contributed by atoms with Gasteiger partial charge >= 0.3 is 0 Å². The first kappa shape index (κ1) is 17.3. The minimum Gasteiger partial charge on any atom is -0.384 e. The zero-order valence-electron chi connectivity index (χ0n) is 15.7. The van der Waals surface area contributed by atoms with Crippen LogP contribution in [0.2, 0.25) is 0 Å². The van der Waals surface area contributed by atoms with Crippen LogP contribution in [0.4, 0.5) is 0 Å². The quantitative estimate of drug-likeness (QED) is 0.661. The van der Waals surface area contributed by atoms with Gasteiger partial charge in [-0.25, -0.2) is 0 Å². The van der Waals surface area contributed by atoms with Gasteiger partial charge in [0.05, 0.1) is 25.9 Å². The molecule has 5 aliphatic rings. The van der Waals surface area contributed by atoms with E-state index in [0.717, 1.165) is 43.5 Å². The Morgan fingerprint density at radius 1 is 0.750 bits per heavy atom. The lowest BCUT2D eigenvalue weighted by molar-refractivity contribution is -0.165. The molecule has 0 aromatic rings. The molecule has 0 atom stereocenters. The molecule has 0 N–H and O–H groups in total. The van der Waals surface area contributed by atoms with Crippen molar-refractivity contribution in [2.45, 2.75) is 63.9 Å². The number of hydrogen-bond acceptors (Lipinski definition) is 3. The Morgan fingerprint density at radius 2 is 1.29 bits per heavy atom. The Labute approximate surface area is 147 Å². The van der Waals surface area contributed by atoms with Crippen LogP contribution < -0.4 is 0 Å². The van der Waals surface area contributed by atoms with Crippen molar-refractivity contribution in [1.29, 1.82) is 0 Å². The summed E-state index contributed by atoms with van der Waals surface area (Å²) in [6, 6.07) is 0. The lowest BCUT2D eigenvalue weighted by atomic mass is 9.55. The van der Waals surface area contributed by atoms with Crippen molar-refractivity contribution < 1.29 is 14.2 Å². The standard InChI is InChI=1S/C21H36O3/c1-22-12-21(13-23-2,19-5-3-4-6-19)14-24-20-17-8-15-7-16(10-17)11-18(20)9-15/h15-20H,3-14H2,1-2H3. The fraction of sp³-hybridized carbons (Fsp3) is 1.00. The third-order valence-electron chi connectivity index (χ3n) is 7.79.